The first-order chi connectivity index (χ1) is 9.90. The molecule has 0 aliphatic rings. The maximum atomic E-state index is 11.9. The number of anilines is 1. The van der Waals surface area contributed by atoms with Crippen LogP contribution in [0.1, 0.15) is 18.2 Å². The molecule has 1 heterocycles. The summed E-state index contributed by atoms with van der Waals surface area (Å²) in [7, 11) is 0. The van der Waals surface area contributed by atoms with Crippen LogP contribution >= 0.6 is 11.6 Å². The number of halogens is 1. The lowest BCUT2D eigenvalue weighted by Gasteiger charge is -2.21. The van der Waals surface area contributed by atoms with E-state index >= 15 is 0 Å². The van der Waals surface area contributed by atoms with Gasteiger partial charge in [-0.2, -0.15) is 0 Å². The smallest absolute Gasteiger partial charge is 0.319 e. The summed E-state index contributed by atoms with van der Waals surface area (Å²) in [6, 6.07) is 8.24. The first-order valence-corrected chi connectivity index (χ1v) is 6.84. The fourth-order valence-electron chi connectivity index (χ4n) is 1.87. The predicted octanol–water partition coefficient (Wildman–Crippen LogP) is 3.27. The lowest BCUT2D eigenvalue weighted by molar-refractivity contribution is 0.0372. The first kappa shape index (κ1) is 15.4. The van der Waals surface area contributed by atoms with Crippen LogP contribution in [0, 0.1) is 6.92 Å². The van der Waals surface area contributed by atoms with Crippen molar-refractivity contribution < 1.29 is 14.3 Å². The molecule has 2 rings (SSSR count). The van der Waals surface area contributed by atoms with Gasteiger partial charge in [-0.1, -0.05) is 23.7 Å². The molecule has 0 aliphatic heterocycles. The Bertz CT molecular complexity index is 604. The summed E-state index contributed by atoms with van der Waals surface area (Å²) in [6.07, 6.45) is 1.47. The predicted molar refractivity (Wildman–Crippen MR) is 81.5 cm³/mol. The second-order valence-electron chi connectivity index (χ2n) is 4.99. The van der Waals surface area contributed by atoms with Crippen molar-refractivity contribution in [3.63, 3.8) is 0 Å². The van der Waals surface area contributed by atoms with E-state index in [2.05, 4.69) is 10.6 Å². The van der Waals surface area contributed by atoms with Crippen molar-refractivity contribution in [3.05, 3.63) is 52.9 Å². The molecule has 5 nitrogen and oxygen atoms in total. The Hall–Kier alpha value is -1.98. The molecule has 0 aliphatic carbocycles. The molecule has 21 heavy (non-hydrogen) atoms. The van der Waals surface area contributed by atoms with Gasteiger partial charge in [0, 0.05) is 0 Å². The largest absolute Gasteiger partial charge is 0.466 e. The van der Waals surface area contributed by atoms with Gasteiger partial charge in [-0.05, 0) is 37.6 Å². The maximum absolute atomic E-state index is 11.9. The summed E-state index contributed by atoms with van der Waals surface area (Å²) in [5.41, 5.74) is 0.126. The van der Waals surface area contributed by atoms with E-state index in [1.54, 1.807) is 25.1 Å². The Kier molecular flexibility index (Phi) is 4.55. The number of furan rings is 1. The Labute approximate surface area is 127 Å². The van der Waals surface area contributed by atoms with E-state index in [1.807, 2.05) is 19.1 Å². The molecule has 1 aromatic heterocycles. The molecule has 0 spiro atoms. The third-order valence-electron chi connectivity index (χ3n) is 3.11. The Morgan fingerprint density at radius 1 is 1.38 bits per heavy atom. The zero-order valence-electron chi connectivity index (χ0n) is 11.8. The second kappa shape index (κ2) is 6.20. The van der Waals surface area contributed by atoms with Crippen LogP contribution in [0.3, 0.4) is 0 Å². The molecule has 0 radical (unpaired) electrons. The summed E-state index contributed by atoms with van der Waals surface area (Å²) in [6.45, 7) is 3.42. The van der Waals surface area contributed by atoms with Gasteiger partial charge < -0.3 is 20.2 Å². The highest BCUT2D eigenvalue weighted by Crippen LogP contribution is 2.25. The van der Waals surface area contributed by atoms with Gasteiger partial charge in [-0.15, -0.1) is 0 Å². The SMILES string of the molecule is Cc1cccc(Cl)c1NC(=O)NCC(C)(O)c1ccco1. The number of urea groups is 1. The third-order valence-corrected chi connectivity index (χ3v) is 3.42. The highest BCUT2D eigenvalue weighted by atomic mass is 35.5. The van der Waals surface area contributed by atoms with Crippen molar-refractivity contribution >= 4 is 23.3 Å². The fourth-order valence-corrected chi connectivity index (χ4v) is 2.14. The standard InChI is InChI=1S/C15H17ClN2O3/c1-10-5-3-6-11(16)13(10)18-14(19)17-9-15(2,20)12-7-4-8-21-12/h3-8,20H,9H2,1-2H3,(H2,17,18,19). The molecule has 0 bridgehead atoms. The average molecular weight is 309 g/mol. The number of hydrogen-bond donors (Lipinski definition) is 3. The lowest BCUT2D eigenvalue weighted by atomic mass is 10.0. The zero-order chi connectivity index (χ0) is 15.5. The molecule has 1 atom stereocenters. The number of carbonyl (C=O) groups is 1. The number of nitrogens with one attached hydrogen (secondary N) is 2. The molecule has 6 heteroatoms. The molecule has 1 unspecified atom stereocenters. The molecule has 112 valence electrons. The molecule has 0 saturated carbocycles. The van der Waals surface area contributed by atoms with E-state index in [4.69, 9.17) is 16.0 Å². The van der Waals surface area contributed by atoms with Gasteiger partial charge >= 0.3 is 6.03 Å². The van der Waals surface area contributed by atoms with Crippen LogP contribution in [0.25, 0.3) is 0 Å². The fraction of sp³-hybridized carbons (Fsp3) is 0.267. The van der Waals surface area contributed by atoms with E-state index in [0.29, 0.717) is 16.5 Å². The topological polar surface area (TPSA) is 74.5 Å². The van der Waals surface area contributed by atoms with Crippen LogP contribution in [0.5, 0.6) is 0 Å². The number of rotatable bonds is 4. The Morgan fingerprint density at radius 2 is 2.14 bits per heavy atom. The molecule has 0 fully saturated rings. The van der Waals surface area contributed by atoms with E-state index < -0.39 is 11.6 Å². The number of amides is 2. The summed E-state index contributed by atoms with van der Waals surface area (Å²) in [5.74, 6) is 0.386. The number of aliphatic hydroxyl groups is 1. The molecule has 2 aromatic rings. The second-order valence-corrected chi connectivity index (χ2v) is 5.40. The minimum Gasteiger partial charge on any atom is -0.466 e. The van der Waals surface area contributed by atoms with Gasteiger partial charge in [-0.25, -0.2) is 4.79 Å². The van der Waals surface area contributed by atoms with Gasteiger partial charge in [0.25, 0.3) is 0 Å². The van der Waals surface area contributed by atoms with E-state index in [-0.39, 0.29) is 6.54 Å². The summed E-state index contributed by atoms with van der Waals surface area (Å²) in [4.78, 5) is 11.9. The van der Waals surface area contributed by atoms with Gasteiger partial charge in [0.15, 0.2) is 0 Å². The molecule has 1 aromatic carbocycles. The molecule has 3 N–H and O–H groups in total. The number of hydrogen-bond acceptors (Lipinski definition) is 3. The Balaban J connectivity index is 1.97. The van der Waals surface area contributed by atoms with Crippen LogP contribution in [-0.4, -0.2) is 17.7 Å². The van der Waals surface area contributed by atoms with Crippen LogP contribution in [0.15, 0.2) is 41.0 Å². The lowest BCUT2D eigenvalue weighted by Crippen LogP contribution is -2.40. The van der Waals surface area contributed by atoms with Crippen LogP contribution in [-0.2, 0) is 5.60 Å². The average Bonchev–Trinajstić information content (AvgIpc) is 2.96. The number of benzene rings is 1. The maximum Gasteiger partial charge on any atom is 0.319 e. The summed E-state index contributed by atoms with van der Waals surface area (Å²) >= 11 is 6.04. The number of aryl methyl sites for hydroxylation is 1. The van der Waals surface area contributed by atoms with Gasteiger partial charge in [-0.3, -0.25) is 0 Å². The van der Waals surface area contributed by atoms with Crippen LogP contribution < -0.4 is 10.6 Å². The number of para-hydroxylation sites is 1. The molecule has 0 saturated heterocycles. The Morgan fingerprint density at radius 3 is 2.76 bits per heavy atom. The normalized spacial score (nSPS) is 13.5. The molecular formula is C15H17ClN2O3. The van der Waals surface area contributed by atoms with Crippen molar-refractivity contribution in [2.75, 3.05) is 11.9 Å². The quantitative estimate of drug-likeness (QED) is 0.811. The van der Waals surface area contributed by atoms with Crippen molar-refractivity contribution in [1.82, 2.24) is 5.32 Å². The highest BCUT2D eigenvalue weighted by Gasteiger charge is 2.26. The molecular weight excluding hydrogens is 292 g/mol. The van der Waals surface area contributed by atoms with E-state index in [9.17, 15) is 9.90 Å². The van der Waals surface area contributed by atoms with Gasteiger partial charge in [0.2, 0.25) is 0 Å². The van der Waals surface area contributed by atoms with Crippen LogP contribution in [0.2, 0.25) is 5.02 Å². The van der Waals surface area contributed by atoms with Gasteiger partial charge in [0.1, 0.15) is 11.4 Å². The van der Waals surface area contributed by atoms with Crippen molar-refractivity contribution in [2.24, 2.45) is 0 Å². The van der Waals surface area contributed by atoms with Crippen molar-refractivity contribution in [1.29, 1.82) is 0 Å². The van der Waals surface area contributed by atoms with Crippen LogP contribution in [0.4, 0.5) is 10.5 Å². The zero-order valence-corrected chi connectivity index (χ0v) is 12.6. The first-order valence-electron chi connectivity index (χ1n) is 6.46. The monoisotopic (exact) mass is 308 g/mol. The van der Waals surface area contributed by atoms with E-state index in [0.717, 1.165) is 5.56 Å². The van der Waals surface area contributed by atoms with Gasteiger partial charge in [0.05, 0.1) is 23.5 Å². The summed E-state index contributed by atoms with van der Waals surface area (Å²) in [5, 5.41) is 16.0. The summed E-state index contributed by atoms with van der Waals surface area (Å²) < 4.78 is 5.14. The van der Waals surface area contributed by atoms with Crippen molar-refractivity contribution in [2.45, 2.75) is 19.4 Å². The van der Waals surface area contributed by atoms with E-state index in [1.165, 1.54) is 6.26 Å². The number of carbonyl (C=O) groups excluding carboxylic acids is 1. The minimum absolute atomic E-state index is 0.00977. The van der Waals surface area contributed by atoms with Crippen molar-refractivity contribution in [3.8, 4) is 0 Å². The third kappa shape index (κ3) is 3.77. The minimum atomic E-state index is -1.28. The highest BCUT2D eigenvalue weighted by molar-refractivity contribution is 6.33. The molecule has 2 amide bonds.